The van der Waals surface area contributed by atoms with E-state index in [-0.39, 0.29) is 18.9 Å². The van der Waals surface area contributed by atoms with Crippen LogP contribution in [0.2, 0.25) is 0 Å². The molecule has 74 heavy (non-hydrogen) atoms. The smallest absolute Gasteiger partial charge is 0.220 e. The summed E-state index contributed by atoms with van der Waals surface area (Å²) < 4.78 is 22.8. The lowest BCUT2D eigenvalue weighted by Gasteiger charge is -2.46. The molecule has 0 aromatic rings. The van der Waals surface area contributed by atoms with E-state index in [1.807, 2.05) is 0 Å². The second-order valence-electron chi connectivity index (χ2n) is 20.4. The molecular formula is C60H105NO13. The van der Waals surface area contributed by atoms with Crippen molar-refractivity contribution < 1.29 is 64.6 Å². The number of amides is 1. The Balaban J connectivity index is 1.80. The molecule has 2 fully saturated rings. The maximum atomic E-state index is 13.3. The maximum absolute atomic E-state index is 13.3. The number of aliphatic hydroxyl groups excluding tert-OH is 8. The minimum absolute atomic E-state index is 0.246. The van der Waals surface area contributed by atoms with E-state index in [1.165, 1.54) is 96.3 Å². The van der Waals surface area contributed by atoms with E-state index in [4.69, 9.17) is 18.9 Å². The molecule has 2 rings (SSSR count). The van der Waals surface area contributed by atoms with Crippen LogP contribution < -0.4 is 5.32 Å². The van der Waals surface area contributed by atoms with Gasteiger partial charge in [-0.15, -0.1) is 0 Å². The average Bonchev–Trinajstić information content (AvgIpc) is 3.40. The fourth-order valence-electron chi connectivity index (χ4n) is 9.24. The fourth-order valence-corrected chi connectivity index (χ4v) is 9.24. The zero-order valence-electron chi connectivity index (χ0n) is 45.8. The van der Waals surface area contributed by atoms with E-state index in [2.05, 4.69) is 92.1 Å². The van der Waals surface area contributed by atoms with Crippen LogP contribution in [0.3, 0.4) is 0 Å². The highest BCUT2D eigenvalue weighted by molar-refractivity contribution is 5.76. The number of aliphatic hydroxyl groups is 8. The molecule has 0 aromatic heterocycles. The summed E-state index contributed by atoms with van der Waals surface area (Å²) in [5.74, 6) is -0.250. The van der Waals surface area contributed by atoms with Crippen molar-refractivity contribution in [2.75, 3.05) is 19.8 Å². The largest absolute Gasteiger partial charge is 0.394 e. The van der Waals surface area contributed by atoms with E-state index in [0.717, 1.165) is 77.0 Å². The zero-order valence-corrected chi connectivity index (χ0v) is 45.8. The number of hydrogen-bond acceptors (Lipinski definition) is 13. The molecule has 14 heteroatoms. The summed E-state index contributed by atoms with van der Waals surface area (Å²) in [6.45, 7) is 2.72. The Morgan fingerprint density at radius 2 is 0.932 bits per heavy atom. The van der Waals surface area contributed by atoms with Gasteiger partial charge < -0.3 is 65.1 Å². The molecule has 1 amide bonds. The first-order valence-electron chi connectivity index (χ1n) is 29.2. The Morgan fingerprint density at radius 3 is 1.41 bits per heavy atom. The van der Waals surface area contributed by atoms with Gasteiger partial charge in [0, 0.05) is 6.42 Å². The Labute approximate surface area is 447 Å². The first-order valence-corrected chi connectivity index (χ1v) is 29.2. The third-order valence-corrected chi connectivity index (χ3v) is 13.9. The SMILES string of the molecule is CC/C=C\C/C=C\C/C=C\C/C=C\C/C=C\C/C=C\CCCCC(=O)NC(COC1OC(CO)C(OC2OC(CO)C(O)C(O)C2O)C(O)C1O)C(O)CCCCCCCCCCCCCCCCCCCCC. The molecule has 0 aliphatic carbocycles. The monoisotopic (exact) mass is 1050 g/mol. The normalized spacial score (nSPS) is 25.8. The number of allylic oxidation sites excluding steroid dienone is 12. The highest BCUT2D eigenvalue weighted by atomic mass is 16.7. The quantitative estimate of drug-likeness (QED) is 0.0205. The van der Waals surface area contributed by atoms with Crippen molar-refractivity contribution in [3.8, 4) is 0 Å². The number of carbonyl (C=O) groups is 1. The molecule has 9 N–H and O–H groups in total. The molecule has 12 atom stereocenters. The van der Waals surface area contributed by atoms with E-state index in [0.29, 0.717) is 12.8 Å². The standard InChI is InChI=1S/C60H105NO13/c1-3-5-7-9-11-13-15-17-19-21-23-24-26-28-30-32-34-36-38-40-42-44-52(65)61-48(49(64)43-41-39-37-35-33-31-29-27-25-22-20-18-16-14-12-10-8-6-4-2)47-71-59-57(70)55(68)58(51(46-63)73-59)74-60-56(69)54(67)53(66)50(45-62)72-60/h5,7,11,13,17,19,23-24,28,30,34,36,48-51,53-60,62-64,66-70H,3-4,6,8-10,12,14-16,18,20-22,25-27,29,31-33,35,37-47H2,1-2H3,(H,61,65)/b7-5-,13-11-,19-17-,24-23-,30-28-,36-34-. The highest BCUT2D eigenvalue weighted by Crippen LogP contribution is 2.30. The van der Waals surface area contributed by atoms with Crippen LogP contribution >= 0.6 is 0 Å². The van der Waals surface area contributed by atoms with Crippen molar-refractivity contribution in [3.63, 3.8) is 0 Å². The van der Waals surface area contributed by atoms with Gasteiger partial charge in [-0.2, -0.15) is 0 Å². The molecule has 0 bridgehead atoms. The van der Waals surface area contributed by atoms with Crippen molar-refractivity contribution in [1.29, 1.82) is 0 Å². The fraction of sp³-hybridized carbons (Fsp3) is 0.783. The summed E-state index contributed by atoms with van der Waals surface area (Å²) in [5.41, 5.74) is 0. The van der Waals surface area contributed by atoms with E-state index < -0.39 is 86.8 Å². The van der Waals surface area contributed by atoms with Gasteiger partial charge in [0.15, 0.2) is 12.6 Å². The minimum atomic E-state index is -1.79. The first kappa shape index (κ1) is 67.5. The minimum Gasteiger partial charge on any atom is -0.394 e. The number of hydrogen-bond donors (Lipinski definition) is 9. The number of unbranched alkanes of at least 4 members (excludes halogenated alkanes) is 20. The molecule has 2 aliphatic heterocycles. The van der Waals surface area contributed by atoms with Gasteiger partial charge in [-0.3, -0.25) is 4.79 Å². The number of carbonyl (C=O) groups excluding carboxylic acids is 1. The molecule has 0 radical (unpaired) electrons. The number of rotatable bonds is 45. The predicted octanol–water partition coefficient (Wildman–Crippen LogP) is 9.55. The molecule has 2 heterocycles. The first-order chi connectivity index (χ1) is 36.1. The van der Waals surface area contributed by atoms with Crippen LogP contribution in [-0.4, -0.2) is 140 Å². The summed E-state index contributed by atoms with van der Waals surface area (Å²) in [6, 6.07) is -0.856. The molecule has 2 saturated heterocycles. The summed E-state index contributed by atoms with van der Waals surface area (Å²) in [6.07, 6.45) is 41.8. The third kappa shape index (κ3) is 31.0. The summed E-state index contributed by atoms with van der Waals surface area (Å²) in [4.78, 5) is 13.3. The second kappa shape index (κ2) is 45.4. The van der Waals surface area contributed by atoms with Gasteiger partial charge in [0.05, 0.1) is 32.0 Å². The molecule has 2 aliphatic rings. The van der Waals surface area contributed by atoms with Crippen LogP contribution in [0.4, 0.5) is 0 Å². The molecule has 0 saturated carbocycles. The van der Waals surface area contributed by atoms with Crippen LogP contribution in [0, 0.1) is 0 Å². The predicted molar refractivity (Wildman–Crippen MR) is 295 cm³/mol. The summed E-state index contributed by atoms with van der Waals surface area (Å²) >= 11 is 0. The molecule has 0 spiro atoms. The topological polar surface area (TPSA) is 228 Å². The Kier molecular flexibility index (Phi) is 41.5. The zero-order chi connectivity index (χ0) is 53.9. The maximum Gasteiger partial charge on any atom is 0.220 e. The van der Waals surface area contributed by atoms with Crippen LogP contribution in [-0.2, 0) is 23.7 Å². The van der Waals surface area contributed by atoms with Crippen molar-refractivity contribution >= 4 is 5.91 Å². The van der Waals surface area contributed by atoms with Crippen molar-refractivity contribution in [2.24, 2.45) is 0 Å². The van der Waals surface area contributed by atoms with Gasteiger partial charge in [-0.1, -0.05) is 209 Å². The van der Waals surface area contributed by atoms with Crippen molar-refractivity contribution in [2.45, 2.75) is 280 Å². The van der Waals surface area contributed by atoms with Gasteiger partial charge in [0.25, 0.3) is 0 Å². The number of ether oxygens (including phenoxy) is 4. The van der Waals surface area contributed by atoms with Gasteiger partial charge in [-0.25, -0.2) is 0 Å². The summed E-state index contributed by atoms with van der Waals surface area (Å²) in [5, 5.41) is 87.2. The van der Waals surface area contributed by atoms with Gasteiger partial charge in [0.1, 0.15) is 48.8 Å². The van der Waals surface area contributed by atoms with Gasteiger partial charge in [0.2, 0.25) is 5.91 Å². The van der Waals surface area contributed by atoms with E-state index >= 15 is 0 Å². The van der Waals surface area contributed by atoms with Crippen molar-refractivity contribution in [3.05, 3.63) is 72.9 Å². The van der Waals surface area contributed by atoms with Crippen LogP contribution in [0.1, 0.15) is 206 Å². The molecule has 0 aromatic carbocycles. The Hall–Kier alpha value is -2.57. The van der Waals surface area contributed by atoms with Crippen LogP contribution in [0.25, 0.3) is 0 Å². The van der Waals surface area contributed by atoms with Gasteiger partial charge in [-0.05, 0) is 64.2 Å². The lowest BCUT2D eigenvalue weighted by Crippen LogP contribution is -2.65. The molecule has 428 valence electrons. The Morgan fingerprint density at radius 1 is 0.500 bits per heavy atom. The average molecular weight is 1050 g/mol. The lowest BCUT2D eigenvalue weighted by molar-refractivity contribution is -0.359. The molecular weight excluding hydrogens is 943 g/mol. The summed E-state index contributed by atoms with van der Waals surface area (Å²) in [7, 11) is 0. The van der Waals surface area contributed by atoms with E-state index in [9.17, 15) is 45.6 Å². The van der Waals surface area contributed by atoms with Crippen LogP contribution in [0.5, 0.6) is 0 Å². The highest BCUT2D eigenvalue weighted by Gasteiger charge is 2.51. The second-order valence-corrected chi connectivity index (χ2v) is 20.4. The lowest BCUT2D eigenvalue weighted by atomic mass is 9.97. The van der Waals surface area contributed by atoms with Gasteiger partial charge >= 0.3 is 0 Å². The van der Waals surface area contributed by atoms with Crippen LogP contribution in [0.15, 0.2) is 72.9 Å². The third-order valence-electron chi connectivity index (χ3n) is 13.9. The number of nitrogens with one attached hydrogen (secondary N) is 1. The molecule has 12 unspecified atom stereocenters. The van der Waals surface area contributed by atoms with Crippen molar-refractivity contribution in [1.82, 2.24) is 5.32 Å². The molecule has 14 nitrogen and oxygen atoms in total. The van der Waals surface area contributed by atoms with E-state index in [1.54, 1.807) is 0 Å². The Bertz CT molecular complexity index is 1520.